The molecule has 4 nitrogen and oxygen atoms in total. The van der Waals surface area contributed by atoms with Crippen molar-refractivity contribution in [2.24, 2.45) is 0 Å². The number of likely N-dealkylation sites (tertiary alicyclic amines) is 1. The van der Waals surface area contributed by atoms with E-state index in [1.54, 1.807) is 21.1 Å². The minimum Gasteiger partial charge on any atom is -0.383 e. The zero-order valence-corrected chi connectivity index (χ0v) is 8.45. The van der Waals surface area contributed by atoms with E-state index in [4.69, 9.17) is 9.47 Å². The standard InChI is InChI=1S/C9H17NO3/c1-7(11)10-5-9(13-3)4-8(10)6-12-2/h8-9H,4-6H2,1-3H3/t8-,9+/m0/s1. The Labute approximate surface area is 78.8 Å². The van der Waals surface area contributed by atoms with Gasteiger partial charge in [0.2, 0.25) is 5.91 Å². The molecule has 1 saturated heterocycles. The van der Waals surface area contributed by atoms with Gasteiger partial charge in [-0.1, -0.05) is 0 Å². The van der Waals surface area contributed by atoms with Crippen LogP contribution in [0, 0.1) is 0 Å². The highest BCUT2D eigenvalue weighted by molar-refractivity contribution is 5.74. The predicted octanol–water partition coefficient (Wildman–Crippen LogP) is 0.269. The van der Waals surface area contributed by atoms with E-state index in [2.05, 4.69) is 0 Å². The van der Waals surface area contributed by atoms with Crippen LogP contribution in [0.5, 0.6) is 0 Å². The molecule has 4 heteroatoms. The first-order chi connectivity index (χ1) is 6.19. The van der Waals surface area contributed by atoms with Crippen LogP contribution in [0.2, 0.25) is 0 Å². The average Bonchev–Trinajstić information content (AvgIpc) is 2.48. The summed E-state index contributed by atoms with van der Waals surface area (Å²) in [6.45, 7) is 2.88. The third kappa shape index (κ3) is 2.42. The quantitative estimate of drug-likeness (QED) is 0.636. The molecule has 13 heavy (non-hydrogen) atoms. The summed E-state index contributed by atoms with van der Waals surface area (Å²) in [6.07, 6.45) is 1.05. The molecule has 0 aliphatic carbocycles. The topological polar surface area (TPSA) is 38.8 Å². The van der Waals surface area contributed by atoms with E-state index in [9.17, 15) is 4.79 Å². The van der Waals surface area contributed by atoms with E-state index in [0.717, 1.165) is 6.42 Å². The van der Waals surface area contributed by atoms with Crippen molar-refractivity contribution in [2.75, 3.05) is 27.4 Å². The molecular weight excluding hydrogens is 170 g/mol. The lowest BCUT2D eigenvalue weighted by atomic mass is 10.2. The van der Waals surface area contributed by atoms with Crippen LogP contribution in [-0.4, -0.2) is 50.3 Å². The fraction of sp³-hybridized carbons (Fsp3) is 0.889. The summed E-state index contributed by atoms with van der Waals surface area (Å²) in [5, 5.41) is 0. The minimum absolute atomic E-state index is 0.0987. The summed E-state index contributed by atoms with van der Waals surface area (Å²) in [7, 11) is 3.33. The molecule has 1 aliphatic heterocycles. The number of hydrogen-bond donors (Lipinski definition) is 0. The number of nitrogens with zero attached hydrogens (tertiary/aromatic N) is 1. The van der Waals surface area contributed by atoms with Gasteiger partial charge >= 0.3 is 0 Å². The van der Waals surface area contributed by atoms with Crippen LogP contribution in [0.25, 0.3) is 0 Å². The van der Waals surface area contributed by atoms with Crippen molar-refractivity contribution in [3.63, 3.8) is 0 Å². The number of rotatable bonds is 3. The number of hydrogen-bond acceptors (Lipinski definition) is 3. The van der Waals surface area contributed by atoms with Gasteiger partial charge in [-0.3, -0.25) is 4.79 Å². The van der Waals surface area contributed by atoms with Gasteiger partial charge in [-0.25, -0.2) is 0 Å². The summed E-state index contributed by atoms with van der Waals surface area (Å²) in [5.74, 6) is 0.0987. The highest BCUT2D eigenvalue weighted by Crippen LogP contribution is 2.19. The van der Waals surface area contributed by atoms with E-state index in [0.29, 0.717) is 13.2 Å². The molecule has 0 aromatic carbocycles. The molecule has 1 fully saturated rings. The average molecular weight is 187 g/mol. The lowest BCUT2D eigenvalue weighted by Gasteiger charge is -2.21. The zero-order valence-electron chi connectivity index (χ0n) is 8.45. The van der Waals surface area contributed by atoms with Crippen molar-refractivity contribution in [2.45, 2.75) is 25.5 Å². The number of ether oxygens (including phenoxy) is 2. The highest BCUT2D eigenvalue weighted by atomic mass is 16.5. The smallest absolute Gasteiger partial charge is 0.219 e. The van der Waals surface area contributed by atoms with Gasteiger partial charge in [-0.05, 0) is 6.42 Å². The third-order valence-electron chi connectivity index (χ3n) is 2.47. The SMILES string of the molecule is COC[C@@H]1C[C@@H](OC)CN1C(C)=O. The Hall–Kier alpha value is -0.610. The Kier molecular flexibility index (Phi) is 3.69. The molecular formula is C9H17NO3. The Morgan fingerprint density at radius 1 is 1.54 bits per heavy atom. The van der Waals surface area contributed by atoms with Crippen molar-refractivity contribution < 1.29 is 14.3 Å². The van der Waals surface area contributed by atoms with Gasteiger partial charge in [-0.15, -0.1) is 0 Å². The number of methoxy groups -OCH3 is 2. The second kappa shape index (κ2) is 4.58. The lowest BCUT2D eigenvalue weighted by Crippen LogP contribution is -2.36. The number of carbonyl (C=O) groups is 1. The maximum absolute atomic E-state index is 11.2. The zero-order chi connectivity index (χ0) is 9.84. The van der Waals surface area contributed by atoms with Crippen LogP contribution in [-0.2, 0) is 14.3 Å². The monoisotopic (exact) mass is 187 g/mol. The summed E-state index contributed by atoms with van der Waals surface area (Å²) in [4.78, 5) is 13.0. The van der Waals surface area contributed by atoms with Gasteiger partial charge < -0.3 is 14.4 Å². The molecule has 0 bridgehead atoms. The Bertz CT molecular complexity index is 184. The molecule has 1 amide bonds. The summed E-state index contributed by atoms with van der Waals surface area (Å²) >= 11 is 0. The van der Waals surface area contributed by atoms with Crippen molar-refractivity contribution >= 4 is 5.91 Å². The number of carbonyl (C=O) groups excluding carboxylic acids is 1. The maximum Gasteiger partial charge on any atom is 0.219 e. The van der Waals surface area contributed by atoms with E-state index >= 15 is 0 Å². The molecule has 0 unspecified atom stereocenters. The van der Waals surface area contributed by atoms with Crippen LogP contribution in [0.15, 0.2) is 0 Å². The number of amides is 1. The predicted molar refractivity (Wildman–Crippen MR) is 48.5 cm³/mol. The van der Waals surface area contributed by atoms with Gasteiger partial charge in [0.25, 0.3) is 0 Å². The van der Waals surface area contributed by atoms with Crippen LogP contribution in [0.3, 0.4) is 0 Å². The van der Waals surface area contributed by atoms with Crippen LogP contribution < -0.4 is 0 Å². The largest absolute Gasteiger partial charge is 0.383 e. The fourth-order valence-electron chi connectivity index (χ4n) is 1.78. The molecule has 76 valence electrons. The van der Waals surface area contributed by atoms with Gasteiger partial charge in [0.15, 0.2) is 0 Å². The Morgan fingerprint density at radius 3 is 2.69 bits per heavy atom. The molecule has 0 aromatic rings. The van der Waals surface area contributed by atoms with E-state index in [1.165, 1.54) is 0 Å². The van der Waals surface area contributed by atoms with Crippen LogP contribution in [0.1, 0.15) is 13.3 Å². The van der Waals surface area contributed by atoms with Crippen LogP contribution in [0.4, 0.5) is 0 Å². The van der Waals surface area contributed by atoms with Crippen molar-refractivity contribution in [3.8, 4) is 0 Å². The van der Waals surface area contributed by atoms with Crippen molar-refractivity contribution in [1.82, 2.24) is 4.90 Å². The molecule has 1 heterocycles. The summed E-state index contributed by atoms with van der Waals surface area (Å²) in [6, 6.07) is 0.187. The van der Waals surface area contributed by atoms with Crippen molar-refractivity contribution in [3.05, 3.63) is 0 Å². The second-order valence-electron chi connectivity index (χ2n) is 3.37. The Balaban J connectivity index is 2.54. The molecule has 1 rings (SSSR count). The van der Waals surface area contributed by atoms with Gasteiger partial charge in [0.05, 0.1) is 18.8 Å². The van der Waals surface area contributed by atoms with E-state index in [-0.39, 0.29) is 18.1 Å². The fourth-order valence-corrected chi connectivity index (χ4v) is 1.78. The van der Waals surface area contributed by atoms with Gasteiger partial charge in [-0.2, -0.15) is 0 Å². The second-order valence-corrected chi connectivity index (χ2v) is 3.37. The molecule has 1 aliphatic rings. The van der Waals surface area contributed by atoms with Crippen LogP contribution >= 0.6 is 0 Å². The first-order valence-electron chi connectivity index (χ1n) is 4.48. The first-order valence-corrected chi connectivity index (χ1v) is 4.48. The van der Waals surface area contributed by atoms with Gasteiger partial charge in [0, 0.05) is 27.7 Å². The lowest BCUT2D eigenvalue weighted by molar-refractivity contribution is -0.130. The maximum atomic E-state index is 11.2. The minimum atomic E-state index is 0.0987. The molecule has 0 aromatic heterocycles. The normalized spacial score (nSPS) is 28.1. The molecule has 0 radical (unpaired) electrons. The summed E-state index contributed by atoms with van der Waals surface area (Å²) < 4.78 is 10.3. The Morgan fingerprint density at radius 2 is 2.23 bits per heavy atom. The molecule has 2 atom stereocenters. The van der Waals surface area contributed by atoms with E-state index in [1.807, 2.05) is 4.90 Å². The first kappa shape index (κ1) is 10.5. The van der Waals surface area contributed by atoms with E-state index < -0.39 is 0 Å². The molecule has 0 saturated carbocycles. The molecule has 0 N–H and O–H groups in total. The van der Waals surface area contributed by atoms with Gasteiger partial charge in [0.1, 0.15) is 0 Å². The highest BCUT2D eigenvalue weighted by Gasteiger charge is 2.33. The summed E-state index contributed by atoms with van der Waals surface area (Å²) in [5.41, 5.74) is 0. The van der Waals surface area contributed by atoms with Crippen molar-refractivity contribution in [1.29, 1.82) is 0 Å². The molecule has 0 spiro atoms. The third-order valence-corrected chi connectivity index (χ3v) is 2.47.